The van der Waals surface area contributed by atoms with Crippen LogP contribution in [0.3, 0.4) is 0 Å². The van der Waals surface area contributed by atoms with Gasteiger partial charge in [0.2, 0.25) is 0 Å². The molecule has 4 heterocycles. The number of aromatic amines is 2. The molecule has 2 aliphatic heterocycles. The maximum atomic E-state index is 4.94. The highest BCUT2D eigenvalue weighted by Gasteiger charge is 2.41. The second-order valence-electron chi connectivity index (χ2n) is 13.2. The summed E-state index contributed by atoms with van der Waals surface area (Å²) in [5, 5.41) is 7.17. The lowest BCUT2D eigenvalue weighted by Crippen LogP contribution is -2.15. The lowest BCUT2D eigenvalue weighted by molar-refractivity contribution is 0.318. The summed E-state index contributed by atoms with van der Waals surface area (Å²) < 4.78 is 0. The molecule has 2 atom stereocenters. The Kier molecular flexibility index (Phi) is 5.46. The molecule has 2 aliphatic carbocycles. The van der Waals surface area contributed by atoms with Crippen LogP contribution in [-0.4, -0.2) is 33.0 Å². The van der Waals surface area contributed by atoms with Crippen LogP contribution in [-0.2, 0) is 12.8 Å². The molecule has 6 heteroatoms. The van der Waals surface area contributed by atoms with Crippen molar-refractivity contribution in [2.45, 2.75) is 76.3 Å². The van der Waals surface area contributed by atoms with E-state index >= 15 is 0 Å². The van der Waals surface area contributed by atoms with Gasteiger partial charge < -0.3 is 20.6 Å². The van der Waals surface area contributed by atoms with E-state index in [2.05, 4.69) is 69.1 Å². The van der Waals surface area contributed by atoms with Crippen LogP contribution in [0.2, 0.25) is 0 Å². The molecule has 0 amide bonds. The summed E-state index contributed by atoms with van der Waals surface area (Å²) in [6, 6.07) is 19.2. The van der Waals surface area contributed by atoms with Gasteiger partial charge in [-0.3, -0.25) is 0 Å². The van der Waals surface area contributed by atoms with Gasteiger partial charge in [-0.05, 0) is 128 Å². The third-order valence-electron chi connectivity index (χ3n) is 10.6. The topological polar surface area (TPSA) is 81.4 Å². The van der Waals surface area contributed by atoms with Crippen molar-refractivity contribution in [2.75, 3.05) is 13.1 Å². The highest BCUT2D eigenvalue weighted by Crippen LogP contribution is 2.53. The molecular weight excluding hydrogens is 504 g/mol. The van der Waals surface area contributed by atoms with Gasteiger partial charge in [0.25, 0.3) is 0 Å². The van der Waals surface area contributed by atoms with E-state index in [1.54, 1.807) is 11.1 Å². The fourth-order valence-corrected chi connectivity index (χ4v) is 8.49. The number of H-pyrrole nitrogens is 2. The Hall–Kier alpha value is -3.48. The van der Waals surface area contributed by atoms with Crippen LogP contribution >= 0.6 is 0 Å². The van der Waals surface area contributed by atoms with Crippen LogP contribution in [0, 0.1) is 5.41 Å². The van der Waals surface area contributed by atoms with Gasteiger partial charge in [0.1, 0.15) is 11.6 Å². The molecule has 2 saturated heterocycles. The number of hydrogen-bond donors (Lipinski definition) is 4. The molecular formula is C35H38N6. The monoisotopic (exact) mass is 542 g/mol. The van der Waals surface area contributed by atoms with Gasteiger partial charge in [0.15, 0.2) is 0 Å². The molecule has 9 rings (SSSR count). The predicted octanol–water partition coefficient (Wildman–Crippen LogP) is 7.28. The molecule has 5 aromatic rings. The normalized spacial score (nSPS) is 23.4. The quantitative estimate of drug-likeness (QED) is 0.192. The molecule has 3 fully saturated rings. The van der Waals surface area contributed by atoms with Gasteiger partial charge in [0.05, 0.1) is 34.2 Å². The summed E-state index contributed by atoms with van der Waals surface area (Å²) >= 11 is 0. The van der Waals surface area contributed by atoms with E-state index in [0.29, 0.717) is 17.5 Å². The summed E-state index contributed by atoms with van der Waals surface area (Å²) in [5.74, 6) is 2.17. The number of imidazole rings is 2. The molecule has 0 radical (unpaired) electrons. The molecule has 0 unspecified atom stereocenters. The van der Waals surface area contributed by atoms with Crippen molar-refractivity contribution in [2.24, 2.45) is 5.41 Å². The first kappa shape index (κ1) is 24.2. The standard InChI is InChI=1S/C35H38N6/c1-2-14-35(13-1)19-25-23(21-7-11-27-31(17-21)40-33(38-27)29-5-3-15-36-29)9-10-24(26(25)20-35)22-8-12-28-32(18-22)41-34(39-28)30-6-4-16-37-30/h7-12,17-18,29-30,36-37H,1-6,13-16,19-20H2,(H,38,40)(H,39,41)/t29-,30-/m0/s1. The average molecular weight is 543 g/mol. The molecule has 2 aromatic heterocycles. The van der Waals surface area contributed by atoms with Gasteiger partial charge in [-0.1, -0.05) is 37.1 Å². The Bertz CT molecular complexity index is 1650. The van der Waals surface area contributed by atoms with Crippen molar-refractivity contribution in [3.8, 4) is 22.3 Å². The minimum atomic E-state index is 0.356. The van der Waals surface area contributed by atoms with E-state index < -0.39 is 0 Å². The smallest absolute Gasteiger partial charge is 0.124 e. The maximum absolute atomic E-state index is 4.94. The zero-order chi connectivity index (χ0) is 27.0. The summed E-state index contributed by atoms with van der Waals surface area (Å²) in [6.45, 7) is 2.17. The van der Waals surface area contributed by atoms with E-state index in [1.165, 1.54) is 73.6 Å². The first-order valence-corrected chi connectivity index (χ1v) is 15.8. The first-order valence-electron chi connectivity index (χ1n) is 15.8. The van der Waals surface area contributed by atoms with Crippen LogP contribution in [0.25, 0.3) is 44.3 Å². The van der Waals surface area contributed by atoms with E-state index in [0.717, 1.165) is 59.6 Å². The molecule has 0 bridgehead atoms. The molecule has 208 valence electrons. The maximum Gasteiger partial charge on any atom is 0.124 e. The highest BCUT2D eigenvalue weighted by molar-refractivity contribution is 5.87. The predicted molar refractivity (Wildman–Crippen MR) is 165 cm³/mol. The number of nitrogens with one attached hydrogen (secondary N) is 4. The van der Waals surface area contributed by atoms with E-state index in [9.17, 15) is 0 Å². The van der Waals surface area contributed by atoms with Crippen LogP contribution in [0.1, 0.15) is 86.2 Å². The zero-order valence-corrected chi connectivity index (χ0v) is 23.7. The SMILES string of the molecule is c1cc2nc([C@@H]3CCCN3)[nH]c2cc1-c1ccc(-c2ccc3nc([C@@H]4CCCN4)[nH]c3c2)c2c1CC1(CCCC1)C2. The van der Waals surface area contributed by atoms with E-state index in [-0.39, 0.29) is 0 Å². The third kappa shape index (κ3) is 3.98. The number of benzene rings is 3. The van der Waals surface area contributed by atoms with Crippen LogP contribution in [0.4, 0.5) is 0 Å². The van der Waals surface area contributed by atoms with Crippen molar-refractivity contribution in [1.82, 2.24) is 30.6 Å². The second kappa shape index (κ2) is 9.27. The molecule has 1 saturated carbocycles. The number of hydrogen-bond acceptors (Lipinski definition) is 4. The minimum Gasteiger partial charge on any atom is -0.341 e. The molecule has 4 aliphatic rings. The number of rotatable bonds is 4. The van der Waals surface area contributed by atoms with Gasteiger partial charge in [-0.2, -0.15) is 0 Å². The van der Waals surface area contributed by atoms with Crippen LogP contribution in [0.15, 0.2) is 48.5 Å². The summed E-state index contributed by atoms with van der Waals surface area (Å²) in [5.41, 5.74) is 13.4. The lowest BCUT2D eigenvalue weighted by Gasteiger charge is -2.22. The van der Waals surface area contributed by atoms with E-state index in [4.69, 9.17) is 9.97 Å². The molecule has 41 heavy (non-hydrogen) atoms. The second-order valence-corrected chi connectivity index (χ2v) is 13.2. The Morgan fingerprint density at radius 2 is 1.12 bits per heavy atom. The van der Waals surface area contributed by atoms with Gasteiger partial charge in [-0.25, -0.2) is 9.97 Å². The van der Waals surface area contributed by atoms with Crippen LogP contribution < -0.4 is 10.6 Å². The average Bonchev–Trinajstić information content (AvgIpc) is 3.83. The van der Waals surface area contributed by atoms with Crippen molar-refractivity contribution in [3.63, 3.8) is 0 Å². The Morgan fingerprint density at radius 1 is 0.610 bits per heavy atom. The van der Waals surface area contributed by atoms with Gasteiger partial charge >= 0.3 is 0 Å². The number of fused-ring (bicyclic) bond motifs is 3. The minimum absolute atomic E-state index is 0.356. The number of nitrogens with zero attached hydrogens (tertiary/aromatic N) is 2. The fourth-order valence-electron chi connectivity index (χ4n) is 8.49. The van der Waals surface area contributed by atoms with Crippen molar-refractivity contribution >= 4 is 22.1 Å². The zero-order valence-electron chi connectivity index (χ0n) is 23.7. The first-order chi connectivity index (χ1) is 20.2. The van der Waals surface area contributed by atoms with Gasteiger partial charge in [-0.15, -0.1) is 0 Å². The molecule has 6 nitrogen and oxygen atoms in total. The Balaban J connectivity index is 1.13. The summed E-state index contributed by atoms with van der Waals surface area (Å²) in [7, 11) is 0. The molecule has 4 N–H and O–H groups in total. The number of aromatic nitrogens is 4. The Labute approximate surface area is 240 Å². The van der Waals surface area contributed by atoms with Gasteiger partial charge in [0, 0.05) is 0 Å². The van der Waals surface area contributed by atoms with Crippen molar-refractivity contribution < 1.29 is 0 Å². The largest absolute Gasteiger partial charge is 0.341 e. The molecule has 1 spiro atoms. The lowest BCUT2D eigenvalue weighted by atomic mass is 9.82. The highest BCUT2D eigenvalue weighted by atomic mass is 15.0. The van der Waals surface area contributed by atoms with Crippen LogP contribution in [0.5, 0.6) is 0 Å². The fraction of sp³-hybridized carbons (Fsp3) is 0.429. The Morgan fingerprint density at radius 3 is 1.59 bits per heavy atom. The van der Waals surface area contributed by atoms with Crippen molar-refractivity contribution in [3.05, 3.63) is 71.3 Å². The molecule has 3 aromatic carbocycles. The summed E-state index contributed by atoms with van der Waals surface area (Å²) in [4.78, 5) is 17.2. The third-order valence-corrected chi connectivity index (χ3v) is 10.6. The van der Waals surface area contributed by atoms with E-state index in [1.807, 2.05) is 0 Å². The van der Waals surface area contributed by atoms with Crippen molar-refractivity contribution in [1.29, 1.82) is 0 Å². The summed E-state index contributed by atoms with van der Waals surface area (Å²) in [6.07, 6.45) is 12.6.